The molecule has 0 bridgehead atoms. The average Bonchev–Trinajstić information content (AvgIpc) is 2.75. The van der Waals surface area contributed by atoms with Crippen LogP contribution in [-0.2, 0) is 29.2 Å². The Balaban J connectivity index is 1.71. The third-order valence-electron chi connectivity index (χ3n) is 4.36. The molecular formula is C24H22Cl2O4. The van der Waals surface area contributed by atoms with E-state index >= 15 is 0 Å². The molecule has 6 heteroatoms. The smallest absolute Gasteiger partial charge is 0.310 e. The van der Waals surface area contributed by atoms with Gasteiger partial charge < -0.3 is 14.2 Å². The molecule has 0 N–H and O–H groups in total. The predicted octanol–water partition coefficient (Wildman–Crippen LogP) is 6.26. The van der Waals surface area contributed by atoms with Gasteiger partial charge in [-0.25, -0.2) is 0 Å². The molecule has 0 atom stereocenters. The summed E-state index contributed by atoms with van der Waals surface area (Å²) in [6.45, 7) is 2.82. The van der Waals surface area contributed by atoms with Crippen molar-refractivity contribution in [3.05, 3.63) is 93.5 Å². The first-order valence-electron chi connectivity index (χ1n) is 9.58. The molecule has 0 amide bonds. The lowest BCUT2D eigenvalue weighted by Crippen LogP contribution is -2.10. The van der Waals surface area contributed by atoms with Crippen LogP contribution in [0.15, 0.2) is 66.7 Å². The number of carbonyl (C=O) groups is 1. The summed E-state index contributed by atoms with van der Waals surface area (Å²) in [4.78, 5) is 12.4. The van der Waals surface area contributed by atoms with Crippen molar-refractivity contribution in [3.8, 4) is 11.5 Å². The maximum Gasteiger partial charge on any atom is 0.310 e. The summed E-state index contributed by atoms with van der Waals surface area (Å²) in [6.07, 6.45) is -0.0101. The lowest BCUT2D eigenvalue weighted by atomic mass is 10.1. The monoisotopic (exact) mass is 444 g/mol. The van der Waals surface area contributed by atoms with Gasteiger partial charge in [0.2, 0.25) is 0 Å². The van der Waals surface area contributed by atoms with Gasteiger partial charge >= 0.3 is 5.97 Å². The van der Waals surface area contributed by atoms with Crippen LogP contribution in [0.4, 0.5) is 0 Å². The van der Waals surface area contributed by atoms with E-state index in [9.17, 15) is 4.79 Å². The van der Waals surface area contributed by atoms with Crippen LogP contribution >= 0.6 is 23.2 Å². The number of benzene rings is 3. The van der Waals surface area contributed by atoms with Gasteiger partial charge in [-0.3, -0.25) is 4.79 Å². The van der Waals surface area contributed by atoms with Crippen LogP contribution in [-0.4, -0.2) is 12.6 Å². The van der Waals surface area contributed by atoms with Crippen molar-refractivity contribution >= 4 is 29.2 Å². The molecule has 156 valence electrons. The van der Waals surface area contributed by atoms with E-state index in [1.165, 1.54) is 0 Å². The molecule has 0 heterocycles. The third-order valence-corrected chi connectivity index (χ3v) is 5.07. The second kappa shape index (κ2) is 10.9. The first-order chi connectivity index (χ1) is 14.6. The lowest BCUT2D eigenvalue weighted by molar-refractivity contribution is -0.144. The molecule has 0 aliphatic carbocycles. The summed E-state index contributed by atoms with van der Waals surface area (Å²) in [5, 5.41) is 0.870. The summed E-state index contributed by atoms with van der Waals surface area (Å²) >= 11 is 12.3. The predicted molar refractivity (Wildman–Crippen MR) is 118 cm³/mol. The van der Waals surface area contributed by atoms with Crippen molar-refractivity contribution in [1.82, 2.24) is 0 Å². The molecule has 0 unspecified atom stereocenters. The van der Waals surface area contributed by atoms with Crippen molar-refractivity contribution in [3.63, 3.8) is 0 Å². The molecule has 0 spiro atoms. The molecular weight excluding hydrogens is 423 g/mol. The number of rotatable bonds is 9. The molecule has 3 aromatic rings. The Kier molecular flexibility index (Phi) is 8.00. The van der Waals surface area contributed by atoms with E-state index in [1.807, 2.05) is 55.5 Å². The van der Waals surface area contributed by atoms with Crippen LogP contribution in [0.1, 0.15) is 23.6 Å². The van der Waals surface area contributed by atoms with Crippen molar-refractivity contribution in [1.29, 1.82) is 0 Å². The zero-order valence-electron chi connectivity index (χ0n) is 16.6. The number of hydrogen-bond acceptors (Lipinski definition) is 4. The highest BCUT2D eigenvalue weighted by atomic mass is 35.5. The topological polar surface area (TPSA) is 44.8 Å². The largest absolute Gasteiger partial charge is 0.490 e. The van der Waals surface area contributed by atoms with Gasteiger partial charge in [0, 0.05) is 21.2 Å². The molecule has 4 nitrogen and oxygen atoms in total. The Labute approximate surface area is 186 Å². The third kappa shape index (κ3) is 5.91. The van der Waals surface area contributed by atoms with Crippen LogP contribution in [0.2, 0.25) is 10.0 Å². The standard InChI is InChI=1S/C24H22Cl2O4/c1-2-28-22-13-6-10-18(24(22)30-15-17-8-4-3-5-9-17)16-29-23(27)14-19-20(25)11-7-12-21(19)26/h3-13H,2,14-16H2,1H3. The summed E-state index contributed by atoms with van der Waals surface area (Å²) in [5.74, 6) is 0.740. The van der Waals surface area contributed by atoms with Crippen LogP contribution in [0, 0.1) is 0 Å². The van der Waals surface area contributed by atoms with E-state index in [0.717, 1.165) is 11.1 Å². The summed E-state index contributed by atoms with van der Waals surface area (Å²) in [7, 11) is 0. The highest BCUT2D eigenvalue weighted by Crippen LogP contribution is 2.33. The van der Waals surface area contributed by atoms with E-state index in [1.54, 1.807) is 18.2 Å². The van der Waals surface area contributed by atoms with E-state index in [2.05, 4.69) is 0 Å². The van der Waals surface area contributed by atoms with Gasteiger partial charge in [-0.15, -0.1) is 0 Å². The van der Waals surface area contributed by atoms with Gasteiger partial charge in [0.1, 0.15) is 13.2 Å². The molecule has 0 aliphatic rings. The van der Waals surface area contributed by atoms with Crippen molar-refractivity contribution in [2.75, 3.05) is 6.61 Å². The number of esters is 1. The minimum Gasteiger partial charge on any atom is -0.490 e. The van der Waals surface area contributed by atoms with E-state index in [4.69, 9.17) is 37.4 Å². The Morgan fingerprint density at radius 2 is 1.53 bits per heavy atom. The SMILES string of the molecule is CCOc1cccc(COC(=O)Cc2c(Cl)cccc2Cl)c1OCc1ccccc1. The number of ether oxygens (including phenoxy) is 3. The Hall–Kier alpha value is -2.69. The van der Waals surface area contributed by atoms with Crippen molar-refractivity contribution < 1.29 is 19.0 Å². The summed E-state index contributed by atoms with van der Waals surface area (Å²) in [6, 6.07) is 20.5. The summed E-state index contributed by atoms with van der Waals surface area (Å²) < 4.78 is 17.2. The second-order valence-electron chi connectivity index (χ2n) is 6.49. The molecule has 3 aromatic carbocycles. The van der Waals surface area contributed by atoms with Crippen LogP contribution in [0.5, 0.6) is 11.5 Å². The van der Waals surface area contributed by atoms with Crippen LogP contribution < -0.4 is 9.47 Å². The molecule has 0 aromatic heterocycles. The Morgan fingerprint density at radius 3 is 2.23 bits per heavy atom. The second-order valence-corrected chi connectivity index (χ2v) is 7.30. The van der Waals surface area contributed by atoms with Gasteiger partial charge in [-0.1, -0.05) is 71.7 Å². The maximum atomic E-state index is 12.4. The molecule has 0 saturated heterocycles. The first-order valence-corrected chi connectivity index (χ1v) is 10.3. The van der Waals surface area contributed by atoms with Crippen LogP contribution in [0.3, 0.4) is 0 Å². The van der Waals surface area contributed by atoms with Gasteiger partial charge in [0.25, 0.3) is 0 Å². The first kappa shape index (κ1) is 22.0. The zero-order chi connectivity index (χ0) is 21.3. The molecule has 0 aliphatic heterocycles. The van der Waals surface area contributed by atoms with E-state index in [-0.39, 0.29) is 13.0 Å². The molecule has 3 rings (SSSR count). The molecule has 0 radical (unpaired) electrons. The van der Waals surface area contributed by atoms with E-state index in [0.29, 0.717) is 40.3 Å². The van der Waals surface area contributed by atoms with Gasteiger partial charge in [-0.05, 0) is 30.7 Å². The highest BCUT2D eigenvalue weighted by molar-refractivity contribution is 6.36. The van der Waals surface area contributed by atoms with Crippen molar-refractivity contribution in [2.24, 2.45) is 0 Å². The zero-order valence-corrected chi connectivity index (χ0v) is 18.1. The van der Waals surface area contributed by atoms with Gasteiger partial charge in [-0.2, -0.15) is 0 Å². The minimum absolute atomic E-state index is 0.0101. The Morgan fingerprint density at radius 1 is 0.833 bits per heavy atom. The number of carbonyl (C=O) groups excluding carboxylic acids is 1. The number of halogens is 2. The lowest BCUT2D eigenvalue weighted by Gasteiger charge is -2.16. The fourth-order valence-electron chi connectivity index (χ4n) is 2.89. The quantitative estimate of drug-likeness (QED) is 0.365. The normalized spacial score (nSPS) is 10.5. The molecule has 0 saturated carbocycles. The van der Waals surface area contributed by atoms with Gasteiger partial charge in [0.15, 0.2) is 11.5 Å². The molecule has 0 fully saturated rings. The van der Waals surface area contributed by atoms with Crippen molar-refractivity contribution in [2.45, 2.75) is 26.6 Å². The fraction of sp³-hybridized carbons (Fsp3) is 0.208. The highest BCUT2D eigenvalue weighted by Gasteiger charge is 2.16. The number of para-hydroxylation sites is 1. The fourth-order valence-corrected chi connectivity index (χ4v) is 3.42. The molecule has 30 heavy (non-hydrogen) atoms. The summed E-state index contributed by atoms with van der Waals surface area (Å²) in [5.41, 5.74) is 2.30. The maximum absolute atomic E-state index is 12.4. The van der Waals surface area contributed by atoms with Gasteiger partial charge in [0.05, 0.1) is 13.0 Å². The Bertz CT molecular complexity index is 970. The average molecular weight is 445 g/mol. The minimum atomic E-state index is -0.430. The number of hydrogen-bond donors (Lipinski definition) is 0. The van der Waals surface area contributed by atoms with Crippen LogP contribution in [0.25, 0.3) is 0 Å². The van der Waals surface area contributed by atoms with E-state index < -0.39 is 5.97 Å².